The topological polar surface area (TPSA) is 24.9 Å². The number of aryl methyl sites for hydroxylation is 1. The molecule has 0 saturated heterocycles. The molecule has 94 valence electrons. The molecule has 0 aliphatic carbocycles. The van der Waals surface area contributed by atoms with Crippen LogP contribution in [0.25, 0.3) is 0 Å². The first kappa shape index (κ1) is 12.4. The monoisotopic (exact) mass is 252 g/mol. The summed E-state index contributed by atoms with van der Waals surface area (Å²) in [6.07, 6.45) is -1.34. The Balaban J connectivity index is 2.44. The predicted octanol–water partition coefficient (Wildman–Crippen LogP) is 4.15. The number of aromatic nitrogens is 1. The molecule has 0 amide bonds. The fourth-order valence-electron chi connectivity index (χ4n) is 1.65. The standard InChI is InChI=1S/C13H11F3N2/c1-9-4-2-6-11(13(14,15)16)12(9)18-10-5-3-7-17-8-10/h2-8,18H,1H3. The van der Waals surface area contributed by atoms with Crippen molar-refractivity contribution in [2.75, 3.05) is 5.32 Å². The van der Waals surface area contributed by atoms with Crippen LogP contribution in [-0.4, -0.2) is 4.98 Å². The highest BCUT2D eigenvalue weighted by Crippen LogP contribution is 2.37. The zero-order valence-corrected chi connectivity index (χ0v) is 9.62. The first-order chi connectivity index (χ1) is 8.48. The molecule has 0 spiro atoms. The molecular weight excluding hydrogens is 241 g/mol. The Hall–Kier alpha value is -2.04. The van der Waals surface area contributed by atoms with Crippen molar-refractivity contribution in [2.45, 2.75) is 13.1 Å². The third kappa shape index (κ3) is 2.61. The number of hydrogen-bond donors (Lipinski definition) is 1. The second-order valence-corrected chi connectivity index (χ2v) is 3.86. The van der Waals surface area contributed by atoms with E-state index in [-0.39, 0.29) is 5.69 Å². The normalized spacial score (nSPS) is 11.3. The fourth-order valence-corrected chi connectivity index (χ4v) is 1.65. The highest BCUT2D eigenvalue weighted by Gasteiger charge is 2.33. The molecule has 1 heterocycles. The Morgan fingerprint density at radius 1 is 1.11 bits per heavy atom. The van der Waals surface area contributed by atoms with Crippen molar-refractivity contribution < 1.29 is 13.2 Å². The van der Waals surface area contributed by atoms with Gasteiger partial charge in [0.1, 0.15) is 0 Å². The smallest absolute Gasteiger partial charge is 0.354 e. The Bertz CT molecular complexity index is 536. The van der Waals surface area contributed by atoms with Gasteiger partial charge in [0.05, 0.1) is 23.1 Å². The molecule has 2 nitrogen and oxygen atoms in total. The number of nitrogens with one attached hydrogen (secondary N) is 1. The number of pyridine rings is 1. The second-order valence-electron chi connectivity index (χ2n) is 3.86. The lowest BCUT2D eigenvalue weighted by Gasteiger charge is -2.16. The van der Waals surface area contributed by atoms with E-state index < -0.39 is 11.7 Å². The summed E-state index contributed by atoms with van der Waals surface area (Å²) in [5, 5.41) is 2.76. The van der Waals surface area contributed by atoms with Crippen molar-refractivity contribution in [3.63, 3.8) is 0 Å². The fraction of sp³-hybridized carbons (Fsp3) is 0.154. The summed E-state index contributed by atoms with van der Waals surface area (Å²) in [5.74, 6) is 0. The van der Waals surface area contributed by atoms with Gasteiger partial charge in [-0.3, -0.25) is 4.98 Å². The number of alkyl halides is 3. The molecule has 0 unspecified atom stereocenters. The van der Waals surface area contributed by atoms with E-state index in [1.54, 1.807) is 31.3 Å². The van der Waals surface area contributed by atoms with Crippen LogP contribution in [0.1, 0.15) is 11.1 Å². The molecule has 5 heteroatoms. The first-order valence-corrected chi connectivity index (χ1v) is 5.32. The first-order valence-electron chi connectivity index (χ1n) is 5.32. The zero-order chi connectivity index (χ0) is 13.2. The molecule has 2 rings (SSSR count). The van der Waals surface area contributed by atoms with Crippen molar-refractivity contribution in [2.24, 2.45) is 0 Å². The molecule has 0 bridgehead atoms. The number of rotatable bonds is 2. The summed E-state index contributed by atoms with van der Waals surface area (Å²) in [7, 11) is 0. The molecule has 0 saturated carbocycles. The SMILES string of the molecule is Cc1cccc(C(F)(F)F)c1Nc1cccnc1. The molecule has 1 aromatic heterocycles. The third-order valence-electron chi connectivity index (χ3n) is 2.51. The number of hydrogen-bond acceptors (Lipinski definition) is 2. The summed E-state index contributed by atoms with van der Waals surface area (Å²) >= 11 is 0. The minimum Gasteiger partial charge on any atom is -0.354 e. The van der Waals surface area contributed by atoms with E-state index in [1.165, 1.54) is 12.3 Å². The van der Waals surface area contributed by atoms with Crippen molar-refractivity contribution in [1.82, 2.24) is 4.98 Å². The maximum Gasteiger partial charge on any atom is 0.418 e. The third-order valence-corrected chi connectivity index (χ3v) is 2.51. The van der Waals surface area contributed by atoms with Gasteiger partial charge in [-0.05, 0) is 30.7 Å². The van der Waals surface area contributed by atoms with Gasteiger partial charge in [-0.25, -0.2) is 0 Å². The Labute approximate surface area is 102 Å². The predicted molar refractivity (Wildman–Crippen MR) is 63.7 cm³/mol. The van der Waals surface area contributed by atoms with Gasteiger partial charge in [-0.2, -0.15) is 13.2 Å². The molecule has 0 fully saturated rings. The summed E-state index contributed by atoms with van der Waals surface area (Å²) in [6.45, 7) is 1.63. The highest BCUT2D eigenvalue weighted by molar-refractivity contribution is 5.66. The van der Waals surface area contributed by atoms with Gasteiger partial charge < -0.3 is 5.32 Å². The van der Waals surface area contributed by atoms with Crippen LogP contribution < -0.4 is 5.32 Å². The van der Waals surface area contributed by atoms with Gasteiger partial charge in [-0.15, -0.1) is 0 Å². The molecule has 0 atom stereocenters. The maximum atomic E-state index is 12.9. The number of para-hydroxylation sites is 1. The maximum absolute atomic E-state index is 12.9. The van der Waals surface area contributed by atoms with E-state index in [1.807, 2.05) is 0 Å². The molecule has 1 aromatic carbocycles. The van der Waals surface area contributed by atoms with Gasteiger partial charge >= 0.3 is 6.18 Å². The molecule has 0 radical (unpaired) electrons. The van der Waals surface area contributed by atoms with E-state index in [0.717, 1.165) is 6.07 Å². The summed E-state index contributed by atoms with van der Waals surface area (Å²) < 4.78 is 38.6. The average Bonchev–Trinajstić information content (AvgIpc) is 2.32. The van der Waals surface area contributed by atoms with E-state index >= 15 is 0 Å². The van der Waals surface area contributed by atoms with Gasteiger partial charge in [0, 0.05) is 6.20 Å². The Kier molecular flexibility index (Phi) is 3.23. The summed E-state index contributed by atoms with van der Waals surface area (Å²) in [5.41, 5.74) is 0.454. The largest absolute Gasteiger partial charge is 0.418 e. The van der Waals surface area contributed by atoms with E-state index in [4.69, 9.17) is 0 Å². The van der Waals surface area contributed by atoms with Crippen molar-refractivity contribution >= 4 is 11.4 Å². The van der Waals surface area contributed by atoms with Crippen LogP contribution in [0.3, 0.4) is 0 Å². The van der Waals surface area contributed by atoms with Crippen LogP contribution in [-0.2, 0) is 6.18 Å². The van der Waals surface area contributed by atoms with E-state index in [9.17, 15) is 13.2 Å². The molecule has 2 aromatic rings. The lowest BCUT2D eigenvalue weighted by molar-refractivity contribution is -0.136. The van der Waals surface area contributed by atoms with Gasteiger partial charge in [0.2, 0.25) is 0 Å². The molecule has 1 N–H and O–H groups in total. The number of anilines is 2. The van der Waals surface area contributed by atoms with Crippen molar-refractivity contribution in [1.29, 1.82) is 0 Å². The van der Waals surface area contributed by atoms with Crippen LogP contribution >= 0.6 is 0 Å². The van der Waals surface area contributed by atoms with Crippen molar-refractivity contribution in [3.8, 4) is 0 Å². The minimum atomic E-state index is -4.38. The zero-order valence-electron chi connectivity index (χ0n) is 9.62. The summed E-state index contributed by atoms with van der Waals surface area (Å²) in [4.78, 5) is 3.86. The van der Waals surface area contributed by atoms with E-state index in [2.05, 4.69) is 10.3 Å². The molecule has 0 aliphatic heterocycles. The molecular formula is C13H11F3N2. The quantitative estimate of drug-likeness (QED) is 0.868. The van der Waals surface area contributed by atoms with Crippen LogP contribution in [0.2, 0.25) is 0 Å². The highest BCUT2D eigenvalue weighted by atomic mass is 19.4. The molecule has 18 heavy (non-hydrogen) atoms. The number of benzene rings is 1. The lowest BCUT2D eigenvalue weighted by Crippen LogP contribution is -2.09. The van der Waals surface area contributed by atoms with Crippen LogP contribution in [0.15, 0.2) is 42.7 Å². The second kappa shape index (κ2) is 4.68. The summed E-state index contributed by atoms with van der Waals surface area (Å²) in [6, 6.07) is 7.42. The van der Waals surface area contributed by atoms with Gasteiger partial charge in [0.25, 0.3) is 0 Å². The lowest BCUT2D eigenvalue weighted by atomic mass is 10.1. The molecule has 0 aliphatic rings. The Morgan fingerprint density at radius 2 is 1.89 bits per heavy atom. The average molecular weight is 252 g/mol. The van der Waals surface area contributed by atoms with Crippen LogP contribution in [0, 0.1) is 6.92 Å². The van der Waals surface area contributed by atoms with Gasteiger partial charge in [0.15, 0.2) is 0 Å². The van der Waals surface area contributed by atoms with Crippen LogP contribution in [0.4, 0.5) is 24.5 Å². The van der Waals surface area contributed by atoms with Crippen molar-refractivity contribution in [3.05, 3.63) is 53.9 Å². The number of halogens is 3. The van der Waals surface area contributed by atoms with E-state index in [0.29, 0.717) is 11.3 Å². The van der Waals surface area contributed by atoms with Gasteiger partial charge in [-0.1, -0.05) is 12.1 Å². The number of nitrogens with zero attached hydrogens (tertiary/aromatic N) is 1. The Morgan fingerprint density at radius 3 is 2.50 bits per heavy atom. The minimum absolute atomic E-state index is 0.0676. The van der Waals surface area contributed by atoms with Crippen LogP contribution in [0.5, 0.6) is 0 Å².